The van der Waals surface area contributed by atoms with Crippen molar-refractivity contribution in [2.24, 2.45) is 0 Å². The zero-order chi connectivity index (χ0) is 19.8. The highest BCUT2D eigenvalue weighted by Crippen LogP contribution is 2.18. The van der Waals surface area contributed by atoms with Crippen molar-refractivity contribution in [1.82, 2.24) is 0 Å². The lowest BCUT2D eigenvalue weighted by molar-refractivity contribution is -0.116. The molecular formula is C22H27BrN2O3. The molecule has 2 atom stereocenters. The quantitative estimate of drug-likeness (QED) is 0.600. The van der Waals surface area contributed by atoms with E-state index in [1.807, 2.05) is 55.5 Å². The van der Waals surface area contributed by atoms with E-state index in [0.717, 1.165) is 40.9 Å². The van der Waals surface area contributed by atoms with E-state index in [0.29, 0.717) is 13.2 Å². The van der Waals surface area contributed by atoms with Gasteiger partial charge in [-0.2, -0.15) is 0 Å². The zero-order valence-electron chi connectivity index (χ0n) is 16.1. The highest BCUT2D eigenvalue weighted by atomic mass is 79.9. The second kappa shape index (κ2) is 10.6. The summed E-state index contributed by atoms with van der Waals surface area (Å²) < 4.78 is 12.4. The van der Waals surface area contributed by atoms with Crippen LogP contribution in [0.1, 0.15) is 31.7 Å². The molecular weight excluding hydrogens is 420 g/mol. The van der Waals surface area contributed by atoms with Crippen molar-refractivity contribution >= 4 is 33.2 Å². The molecule has 150 valence electrons. The van der Waals surface area contributed by atoms with Gasteiger partial charge in [-0.05, 0) is 62.1 Å². The number of amides is 1. The minimum atomic E-state index is -0.370. The van der Waals surface area contributed by atoms with Crippen LogP contribution >= 0.6 is 15.9 Å². The van der Waals surface area contributed by atoms with Gasteiger partial charge < -0.3 is 20.1 Å². The van der Waals surface area contributed by atoms with Crippen molar-refractivity contribution in [2.45, 2.75) is 44.9 Å². The van der Waals surface area contributed by atoms with Crippen LogP contribution in [-0.4, -0.2) is 31.3 Å². The third kappa shape index (κ3) is 6.62. The maximum atomic E-state index is 12.4. The molecule has 0 bridgehead atoms. The van der Waals surface area contributed by atoms with Gasteiger partial charge >= 0.3 is 0 Å². The molecule has 28 heavy (non-hydrogen) atoms. The number of carbonyl (C=O) groups excluding carboxylic acids is 1. The van der Waals surface area contributed by atoms with Crippen molar-refractivity contribution in [3.63, 3.8) is 0 Å². The lowest BCUT2D eigenvalue weighted by Crippen LogP contribution is -2.31. The second-order valence-electron chi connectivity index (χ2n) is 7.07. The third-order valence-electron chi connectivity index (χ3n) is 4.64. The molecule has 6 heteroatoms. The maximum absolute atomic E-state index is 12.4. The first-order chi connectivity index (χ1) is 13.6. The van der Waals surface area contributed by atoms with Gasteiger partial charge in [0, 0.05) is 22.5 Å². The Morgan fingerprint density at radius 1 is 1.21 bits per heavy atom. The van der Waals surface area contributed by atoms with Crippen LogP contribution in [0.3, 0.4) is 0 Å². The molecule has 1 amide bonds. The van der Waals surface area contributed by atoms with Gasteiger partial charge in [0.1, 0.15) is 6.04 Å². The molecule has 1 aliphatic rings. The van der Waals surface area contributed by atoms with Crippen LogP contribution in [0.15, 0.2) is 53.0 Å². The molecule has 1 saturated heterocycles. The normalized spacial score (nSPS) is 17.7. The topological polar surface area (TPSA) is 59.6 Å². The summed E-state index contributed by atoms with van der Waals surface area (Å²) in [5, 5.41) is 6.17. The van der Waals surface area contributed by atoms with Gasteiger partial charge in [-0.1, -0.05) is 34.1 Å². The Morgan fingerprint density at radius 2 is 2.04 bits per heavy atom. The van der Waals surface area contributed by atoms with Crippen LogP contribution in [0, 0.1) is 0 Å². The van der Waals surface area contributed by atoms with Crippen LogP contribution < -0.4 is 10.6 Å². The van der Waals surface area contributed by atoms with Gasteiger partial charge in [-0.15, -0.1) is 0 Å². The van der Waals surface area contributed by atoms with E-state index >= 15 is 0 Å². The van der Waals surface area contributed by atoms with E-state index in [-0.39, 0.29) is 18.1 Å². The van der Waals surface area contributed by atoms with Crippen LogP contribution in [0.5, 0.6) is 0 Å². The zero-order valence-corrected chi connectivity index (χ0v) is 17.7. The molecule has 1 aliphatic heterocycles. The molecule has 2 N–H and O–H groups in total. The van der Waals surface area contributed by atoms with Gasteiger partial charge in [-0.25, -0.2) is 0 Å². The molecule has 1 heterocycles. The molecule has 2 aromatic rings. The number of anilines is 2. The summed E-state index contributed by atoms with van der Waals surface area (Å²) in [6, 6.07) is 15.1. The first kappa shape index (κ1) is 20.8. The highest BCUT2D eigenvalue weighted by Gasteiger charge is 2.15. The van der Waals surface area contributed by atoms with E-state index in [2.05, 4.69) is 26.6 Å². The molecule has 3 rings (SSSR count). The summed E-state index contributed by atoms with van der Waals surface area (Å²) in [6.45, 7) is 3.85. The number of nitrogens with one attached hydrogen (secondary N) is 2. The Hall–Kier alpha value is -1.89. The molecule has 1 fully saturated rings. The Bertz CT molecular complexity index is 778. The van der Waals surface area contributed by atoms with Gasteiger partial charge in [0.15, 0.2) is 0 Å². The molecule has 0 saturated carbocycles. The van der Waals surface area contributed by atoms with Crippen molar-refractivity contribution < 1.29 is 14.3 Å². The summed E-state index contributed by atoms with van der Waals surface area (Å²) in [5.74, 6) is -0.0887. The summed E-state index contributed by atoms with van der Waals surface area (Å²) >= 11 is 3.41. The van der Waals surface area contributed by atoms with E-state index in [9.17, 15) is 4.79 Å². The van der Waals surface area contributed by atoms with Gasteiger partial charge in [0.25, 0.3) is 0 Å². The van der Waals surface area contributed by atoms with Crippen molar-refractivity contribution in [1.29, 1.82) is 0 Å². The summed E-state index contributed by atoms with van der Waals surface area (Å²) in [4.78, 5) is 12.4. The van der Waals surface area contributed by atoms with Gasteiger partial charge in [-0.3, -0.25) is 4.79 Å². The van der Waals surface area contributed by atoms with Crippen LogP contribution in [-0.2, 0) is 20.9 Å². The van der Waals surface area contributed by atoms with Crippen LogP contribution in [0.4, 0.5) is 11.4 Å². The minimum absolute atomic E-state index is 0.0887. The standard InChI is InChI=1S/C22H27BrN2O3/c1-16(22(26)25-20-9-5-7-18(23)13-20)24-19-8-4-6-17(12-19)14-27-15-21-10-2-3-11-28-21/h4-9,12-13,16,21,24H,2-3,10-11,14-15H2,1H3,(H,25,26). The average Bonchev–Trinajstić information content (AvgIpc) is 2.69. The predicted molar refractivity (Wildman–Crippen MR) is 116 cm³/mol. The third-order valence-corrected chi connectivity index (χ3v) is 5.14. The fourth-order valence-corrected chi connectivity index (χ4v) is 3.53. The molecule has 0 aromatic heterocycles. The largest absolute Gasteiger partial charge is 0.376 e. The van der Waals surface area contributed by atoms with Crippen LogP contribution in [0.25, 0.3) is 0 Å². The molecule has 2 aromatic carbocycles. The Labute approximate surface area is 174 Å². The first-order valence-electron chi connectivity index (χ1n) is 9.71. The minimum Gasteiger partial charge on any atom is -0.376 e. The number of hydrogen-bond acceptors (Lipinski definition) is 4. The van der Waals surface area contributed by atoms with Gasteiger partial charge in [0.2, 0.25) is 5.91 Å². The van der Waals surface area contributed by atoms with Gasteiger partial charge in [0.05, 0.1) is 19.3 Å². The van der Waals surface area contributed by atoms with Crippen molar-refractivity contribution in [3.05, 3.63) is 58.6 Å². The van der Waals surface area contributed by atoms with Crippen molar-refractivity contribution in [2.75, 3.05) is 23.8 Å². The van der Waals surface area contributed by atoms with E-state index < -0.39 is 0 Å². The Balaban J connectivity index is 1.48. The smallest absolute Gasteiger partial charge is 0.246 e. The fourth-order valence-electron chi connectivity index (χ4n) is 3.13. The number of rotatable bonds is 8. The van der Waals surface area contributed by atoms with E-state index in [1.165, 1.54) is 6.42 Å². The molecule has 0 radical (unpaired) electrons. The lowest BCUT2D eigenvalue weighted by atomic mass is 10.1. The number of carbonyl (C=O) groups is 1. The van der Waals surface area contributed by atoms with E-state index in [4.69, 9.17) is 9.47 Å². The SMILES string of the molecule is CC(Nc1cccc(COCC2CCCCO2)c1)C(=O)Nc1cccc(Br)c1. The molecule has 0 aliphatic carbocycles. The monoisotopic (exact) mass is 446 g/mol. The Kier molecular flexibility index (Phi) is 7.89. The van der Waals surface area contributed by atoms with E-state index in [1.54, 1.807) is 0 Å². The predicted octanol–water partition coefficient (Wildman–Crippen LogP) is 4.97. The average molecular weight is 447 g/mol. The number of ether oxygens (including phenoxy) is 2. The number of hydrogen-bond donors (Lipinski definition) is 2. The van der Waals surface area contributed by atoms with Crippen molar-refractivity contribution in [3.8, 4) is 0 Å². The highest BCUT2D eigenvalue weighted by molar-refractivity contribution is 9.10. The first-order valence-corrected chi connectivity index (χ1v) is 10.5. The summed E-state index contributed by atoms with van der Waals surface area (Å²) in [7, 11) is 0. The summed E-state index contributed by atoms with van der Waals surface area (Å²) in [6.07, 6.45) is 3.66. The Morgan fingerprint density at radius 3 is 2.82 bits per heavy atom. The molecule has 5 nitrogen and oxygen atoms in total. The summed E-state index contributed by atoms with van der Waals surface area (Å²) in [5.41, 5.74) is 2.73. The second-order valence-corrected chi connectivity index (χ2v) is 7.99. The number of halogens is 1. The molecule has 2 unspecified atom stereocenters. The molecule has 0 spiro atoms. The van der Waals surface area contributed by atoms with Crippen LogP contribution in [0.2, 0.25) is 0 Å². The lowest BCUT2D eigenvalue weighted by Gasteiger charge is -2.22. The number of benzene rings is 2. The maximum Gasteiger partial charge on any atom is 0.246 e. The fraction of sp³-hybridized carbons (Fsp3) is 0.409.